The van der Waals surface area contributed by atoms with Crippen molar-refractivity contribution in [3.05, 3.63) is 53.5 Å². The molecule has 1 atom stereocenters. The van der Waals surface area contributed by atoms with Crippen molar-refractivity contribution >= 4 is 11.7 Å². The van der Waals surface area contributed by atoms with Gasteiger partial charge in [0.15, 0.2) is 5.82 Å². The highest BCUT2D eigenvalue weighted by Crippen LogP contribution is 2.39. The lowest BCUT2D eigenvalue weighted by Gasteiger charge is -2.41. The summed E-state index contributed by atoms with van der Waals surface area (Å²) in [6.45, 7) is 5.67. The predicted molar refractivity (Wildman–Crippen MR) is 108 cm³/mol. The number of halogens is 6. The third-order valence-electron chi connectivity index (χ3n) is 5.40. The molecule has 2 heterocycles. The van der Waals surface area contributed by atoms with Gasteiger partial charge in [-0.1, -0.05) is 26.8 Å². The van der Waals surface area contributed by atoms with Crippen LogP contribution in [0.15, 0.2) is 36.5 Å². The van der Waals surface area contributed by atoms with E-state index in [1.165, 1.54) is 17.2 Å². The van der Waals surface area contributed by atoms with Gasteiger partial charge in [0.05, 0.1) is 16.8 Å². The standard InChI is InChI=1S/C22H21F6N3O2/c1-20(2,3)17-10-12(5-7-31(17)19(32)33)18-29-6-4-16(30-18)13-8-14(21(23,24)25)11-15(9-13)22(26,27)28/h4-6,8-9,11,17H,7,10H2,1-3H3,(H,32,33). The molecule has 2 aromatic rings. The molecular weight excluding hydrogens is 452 g/mol. The quantitative estimate of drug-likeness (QED) is 0.516. The minimum Gasteiger partial charge on any atom is -0.465 e. The maximum absolute atomic E-state index is 13.2. The molecule has 0 fully saturated rings. The molecule has 0 aliphatic carbocycles. The van der Waals surface area contributed by atoms with Crippen LogP contribution in [-0.2, 0) is 12.4 Å². The van der Waals surface area contributed by atoms with Crippen molar-refractivity contribution in [2.75, 3.05) is 6.54 Å². The molecule has 0 radical (unpaired) electrons. The van der Waals surface area contributed by atoms with Crippen LogP contribution in [0.2, 0.25) is 0 Å². The van der Waals surface area contributed by atoms with Gasteiger partial charge in [-0.05, 0) is 41.7 Å². The van der Waals surface area contributed by atoms with Crippen LogP contribution in [0.25, 0.3) is 16.8 Å². The van der Waals surface area contributed by atoms with Crippen LogP contribution in [0.4, 0.5) is 31.1 Å². The predicted octanol–water partition coefficient (Wildman–Crippen LogP) is 6.36. The highest BCUT2D eigenvalue weighted by molar-refractivity contribution is 5.71. The van der Waals surface area contributed by atoms with Crippen LogP contribution < -0.4 is 0 Å². The zero-order chi connectivity index (χ0) is 24.8. The molecule has 5 nitrogen and oxygen atoms in total. The smallest absolute Gasteiger partial charge is 0.416 e. The van der Waals surface area contributed by atoms with E-state index in [2.05, 4.69) is 9.97 Å². The summed E-state index contributed by atoms with van der Waals surface area (Å²) < 4.78 is 79.3. The Kier molecular flexibility index (Phi) is 6.20. The summed E-state index contributed by atoms with van der Waals surface area (Å²) in [6.07, 6.45) is -7.95. The molecule has 1 amide bonds. The molecule has 33 heavy (non-hydrogen) atoms. The van der Waals surface area contributed by atoms with E-state index in [9.17, 15) is 36.2 Å². The summed E-state index contributed by atoms with van der Waals surface area (Å²) in [7, 11) is 0. The maximum atomic E-state index is 13.2. The summed E-state index contributed by atoms with van der Waals surface area (Å²) >= 11 is 0. The second-order valence-corrected chi connectivity index (χ2v) is 8.81. The van der Waals surface area contributed by atoms with E-state index < -0.39 is 41.0 Å². The second kappa shape index (κ2) is 8.35. The molecule has 0 spiro atoms. The lowest BCUT2D eigenvalue weighted by molar-refractivity contribution is -0.143. The van der Waals surface area contributed by atoms with Crippen molar-refractivity contribution in [2.24, 2.45) is 5.41 Å². The number of alkyl halides is 6. The minimum absolute atomic E-state index is 0.0575. The largest absolute Gasteiger partial charge is 0.465 e. The van der Waals surface area contributed by atoms with Gasteiger partial charge in [0.2, 0.25) is 0 Å². The van der Waals surface area contributed by atoms with Gasteiger partial charge in [0, 0.05) is 24.3 Å². The lowest BCUT2D eigenvalue weighted by atomic mass is 9.80. The number of hydrogen-bond donors (Lipinski definition) is 1. The normalized spacial score (nSPS) is 17.7. The first kappa shape index (κ1) is 24.5. The molecule has 0 saturated heterocycles. The van der Waals surface area contributed by atoms with E-state index in [0.29, 0.717) is 17.7 Å². The molecule has 11 heteroatoms. The third kappa shape index (κ3) is 5.45. The fourth-order valence-electron chi connectivity index (χ4n) is 3.68. The molecular formula is C22H21F6N3O2. The van der Waals surface area contributed by atoms with Gasteiger partial charge in [0.1, 0.15) is 0 Å². The second-order valence-electron chi connectivity index (χ2n) is 8.81. The van der Waals surface area contributed by atoms with Crippen LogP contribution in [-0.4, -0.2) is 38.7 Å². The molecule has 178 valence electrons. The first-order valence-electron chi connectivity index (χ1n) is 9.89. The Bertz CT molecular complexity index is 1050. The van der Waals surface area contributed by atoms with Gasteiger partial charge in [-0.15, -0.1) is 0 Å². The fraction of sp³-hybridized carbons (Fsp3) is 0.409. The molecule has 1 aliphatic heterocycles. The van der Waals surface area contributed by atoms with E-state index in [0.717, 1.165) is 0 Å². The molecule has 0 saturated carbocycles. The molecule has 0 bridgehead atoms. The van der Waals surface area contributed by atoms with Gasteiger partial charge < -0.3 is 10.0 Å². The Morgan fingerprint density at radius 1 is 1.03 bits per heavy atom. The van der Waals surface area contributed by atoms with Crippen molar-refractivity contribution in [2.45, 2.75) is 45.6 Å². The van der Waals surface area contributed by atoms with E-state index >= 15 is 0 Å². The number of aromatic nitrogens is 2. The van der Waals surface area contributed by atoms with E-state index in [1.807, 2.05) is 20.8 Å². The number of nitrogens with zero attached hydrogens (tertiary/aromatic N) is 3. The first-order valence-corrected chi connectivity index (χ1v) is 9.89. The number of benzene rings is 1. The van der Waals surface area contributed by atoms with E-state index in [-0.39, 0.29) is 36.1 Å². The Labute approximate surface area is 185 Å². The number of rotatable bonds is 2. The van der Waals surface area contributed by atoms with E-state index in [1.54, 1.807) is 6.08 Å². The molecule has 1 aromatic carbocycles. The van der Waals surface area contributed by atoms with Crippen LogP contribution in [0.5, 0.6) is 0 Å². The van der Waals surface area contributed by atoms with Gasteiger partial charge in [0.25, 0.3) is 0 Å². The van der Waals surface area contributed by atoms with Gasteiger partial charge >= 0.3 is 18.4 Å². The van der Waals surface area contributed by atoms with Crippen LogP contribution >= 0.6 is 0 Å². The fourth-order valence-corrected chi connectivity index (χ4v) is 3.68. The molecule has 1 aromatic heterocycles. The average Bonchev–Trinajstić information content (AvgIpc) is 2.71. The maximum Gasteiger partial charge on any atom is 0.416 e. The van der Waals surface area contributed by atoms with Gasteiger partial charge in [-0.25, -0.2) is 14.8 Å². The van der Waals surface area contributed by atoms with Crippen LogP contribution in [0.1, 0.15) is 44.1 Å². The zero-order valence-corrected chi connectivity index (χ0v) is 17.9. The monoisotopic (exact) mass is 473 g/mol. The number of amides is 1. The number of carbonyl (C=O) groups is 1. The molecule has 1 unspecified atom stereocenters. The highest BCUT2D eigenvalue weighted by atomic mass is 19.4. The van der Waals surface area contributed by atoms with Crippen molar-refractivity contribution in [1.82, 2.24) is 14.9 Å². The van der Waals surface area contributed by atoms with Crippen molar-refractivity contribution in [3.63, 3.8) is 0 Å². The summed E-state index contributed by atoms with van der Waals surface area (Å²) in [5, 5.41) is 9.49. The van der Waals surface area contributed by atoms with Gasteiger partial charge in [-0.2, -0.15) is 26.3 Å². The summed E-state index contributed by atoms with van der Waals surface area (Å²) in [5.74, 6) is 0.123. The summed E-state index contributed by atoms with van der Waals surface area (Å²) in [6, 6.07) is 2.09. The number of hydrogen-bond acceptors (Lipinski definition) is 3. The topological polar surface area (TPSA) is 66.3 Å². The molecule has 3 rings (SSSR count). The lowest BCUT2D eigenvalue weighted by Crippen LogP contribution is -2.48. The van der Waals surface area contributed by atoms with Crippen molar-refractivity contribution in [3.8, 4) is 11.3 Å². The Balaban J connectivity index is 2.05. The minimum atomic E-state index is -4.97. The van der Waals surface area contributed by atoms with Crippen LogP contribution in [0.3, 0.4) is 0 Å². The number of carboxylic acid groups (broad SMARTS) is 1. The average molecular weight is 473 g/mol. The molecule has 1 N–H and O–H groups in total. The summed E-state index contributed by atoms with van der Waals surface area (Å²) in [5.41, 5.74) is -3.19. The first-order chi connectivity index (χ1) is 15.1. The molecule has 1 aliphatic rings. The highest BCUT2D eigenvalue weighted by Gasteiger charge is 2.38. The van der Waals surface area contributed by atoms with Crippen molar-refractivity contribution in [1.29, 1.82) is 0 Å². The Morgan fingerprint density at radius 3 is 2.09 bits per heavy atom. The van der Waals surface area contributed by atoms with E-state index in [4.69, 9.17) is 0 Å². The third-order valence-corrected chi connectivity index (χ3v) is 5.40. The SMILES string of the molecule is CC(C)(C)C1CC(c2nccc(-c3cc(C(F)(F)F)cc(C(F)(F)F)c3)n2)=CCN1C(=O)O. The Morgan fingerprint density at radius 2 is 1.61 bits per heavy atom. The Hall–Kier alpha value is -3.11. The van der Waals surface area contributed by atoms with Gasteiger partial charge in [-0.3, -0.25) is 0 Å². The van der Waals surface area contributed by atoms with Crippen molar-refractivity contribution < 1.29 is 36.2 Å². The summed E-state index contributed by atoms with van der Waals surface area (Å²) in [4.78, 5) is 21.2. The zero-order valence-electron chi connectivity index (χ0n) is 17.9. The van der Waals surface area contributed by atoms with Crippen LogP contribution in [0, 0.1) is 5.41 Å².